The summed E-state index contributed by atoms with van der Waals surface area (Å²) in [5.41, 5.74) is 6.16. The molecule has 1 aromatic rings. The summed E-state index contributed by atoms with van der Waals surface area (Å²) >= 11 is 0. The highest BCUT2D eigenvalue weighted by atomic mass is 16.5. The smallest absolute Gasteiger partial charge is 0.228 e. The van der Waals surface area contributed by atoms with E-state index in [2.05, 4.69) is 10.1 Å². The van der Waals surface area contributed by atoms with Crippen LogP contribution in [0.1, 0.15) is 75.4 Å². The fourth-order valence-corrected chi connectivity index (χ4v) is 3.15. The topological polar surface area (TPSA) is 64.9 Å². The molecule has 4 nitrogen and oxygen atoms in total. The first-order valence-corrected chi connectivity index (χ1v) is 7.37. The quantitative estimate of drug-likeness (QED) is 0.836. The lowest BCUT2D eigenvalue weighted by Gasteiger charge is -2.36. The molecule has 100 valence electrons. The Morgan fingerprint density at radius 3 is 2.44 bits per heavy atom. The fourth-order valence-electron chi connectivity index (χ4n) is 3.15. The van der Waals surface area contributed by atoms with Gasteiger partial charge in [-0.1, -0.05) is 30.8 Å². The molecule has 18 heavy (non-hydrogen) atoms. The average molecular weight is 249 g/mol. The largest absolute Gasteiger partial charge is 0.339 e. The first-order valence-electron chi connectivity index (χ1n) is 7.37. The summed E-state index contributed by atoms with van der Waals surface area (Å²) in [6, 6.07) is 0. The van der Waals surface area contributed by atoms with Crippen molar-refractivity contribution in [2.75, 3.05) is 0 Å². The van der Waals surface area contributed by atoms with Crippen LogP contribution in [0.2, 0.25) is 0 Å². The second-order valence-corrected chi connectivity index (χ2v) is 6.13. The molecule has 2 fully saturated rings. The van der Waals surface area contributed by atoms with E-state index in [0.717, 1.165) is 31.0 Å². The van der Waals surface area contributed by atoms with Gasteiger partial charge in [0.15, 0.2) is 5.82 Å². The molecule has 1 aromatic heterocycles. The predicted molar refractivity (Wildman–Crippen MR) is 69.2 cm³/mol. The van der Waals surface area contributed by atoms with Gasteiger partial charge < -0.3 is 10.3 Å². The Labute approximate surface area is 108 Å². The zero-order valence-corrected chi connectivity index (χ0v) is 11.0. The Morgan fingerprint density at radius 1 is 1.11 bits per heavy atom. The molecular formula is C14H23N3O. The van der Waals surface area contributed by atoms with Gasteiger partial charge in [-0.25, -0.2) is 0 Å². The van der Waals surface area contributed by atoms with Gasteiger partial charge in [0.2, 0.25) is 5.89 Å². The van der Waals surface area contributed by atoms with E-state index >= 15 is 0 Å². The number of rotatable bonds is 3. The molecule has 4 heteroatoms. The average Bonchev–Trinajstić information content (AvgIpc) is 2.62. The van der Waals surface area contributed by atoms with Crippen molar-refractivity contribution in [3.63, 3.8) is 0 Å². The van der Waals surface area contributed by atoms with Gasteiger partial charge in [0.1, 0.15) is 0 Å². The summed E-state index contributed by atoms with van der Waals surface area (Å²) in [5, 5.41) is 4.18. The van der Waals surface area contributed by atoms with Crippen LogP contribution in [-0.4, -0.2) is 15.7 Å². The normalized spacial score (nSPS) is 24.5. The third-order valence-electron chi connectivity index (χ3n) is 4.56. The highest BCUT2D eigenvalue weighted by Gasteiger charge is 2.34. The Kier molecular flexibility index (Phi) is 3.37. The third-order valence-corrected chi connectivity index (χ3v) is 4.56. The second-order valence-electron chi connectivity index (χ2n) is 6.13. The summed E-state index contributed by atoms with van der Waals surface area (Å²) in [6.45, 7) is 0. The second kappa shape index (κ2) is 5.00. The van der Waals surface area contributed by atoms with E-state index < -0.39 is 0 Å². The summed E-state index contributed by atoms with van der Waals surface area (Å²) in [5.74, 6) is 2.19. The minimum absolute atomic E-state index is 0.0622. The SMILES string of the molecule is NC1(Cc2nc(C3CCCCCC3)no2)CCC1. The number of hydrogen-bond acceptors (Lipinski definition) is 4. The summed E-state index contributed by atoms with van der Waals surface area (Å²) in [4.78, 5) is 4.58. The van der Waals surface area contributed by atoms with Crippen molar-refractivity contribution in [1.29, 1.82) is 0 Å². The molecule has 0 unspecified atom stereocenters. The van der Waals surface area contributed by atoms with Gasteiger partial charge in [-0.15, -0.1) is 0 Å². The molecule has 2 saturated carbocycles. The molecule has 0 spiro atoms. The van der Waals surface area contributed by atoms with Crippen molar-refractivity contribution < 1.29 is 4.52 Å². The molecule has 0 saturated heterocycles. The molecule has 0 atom stereocenters. The van der Waals surface area contributed by atoms with Gasteiger partial charge in [-0.05, 0) is 32.1 Å². The van der Waals surface area contributed by atoms with Crippen molar-refractivity contribution in [1.82, 2.24) is 10.1 Å². The van der Waals surface area contributed by atoms with E-state index in [1.54, 1.807) is 0 Å². The Balaban J connectivity index is 1.64. The van der Waals surface area contributed by atoms with Crippen LogP contribution in [0.4, 0.5) is 0 Å². The van der Waals surface area contributed by atoms with Gasteiger partial charge in [-0.2, -0.15) is 4.98 Å². The van der Waals surface area contributed by atoms with Crippen molar-refractivity contribution in [2.24, 2.45) is 5.73 Å². The number of hydrogen-bond donors (Lipinski definition) is 1. The van der Waals surface area contributed by atoms with Crippen molar-refractivity contribution in [2.45, 2.75) is 75.7 Å². The predicted octanol–water partition coefficient (Wildman–Crippen LogP) is 2.93. The van der Waals surface area contributed by atoms with Gasteiger partial charge >= 0.3 is 0 Å². The van der Waals surface area contributed by atoms with Crippen LogP contribution in [0.15, 0.2) is 4.52 Å². The van der Waals surface area contributed by atoms with Gasteiger partial charge in [0.25, 0.3) is 0 Å². The summed E-state index contributed by atoms with van der Waals surface area (Å²) < 4.78 is 5.39. The lowest BCUT2D eigenvalue weighted by Crippen LogP contribution is -2.48. The molecule has 0 bridgehead atoms. The van der Waals surface area contributed by atoms with Crippen molar-refractivity contribution in [3.8, 4) is 0 Å². The molecule has 2 aliphatic rings. The molecule has 2 aliphatic carbocycles. The van der Waals surface area contributed by atoms with Gasteiger partial charge in [-0.3, -0.25) is 0 Å². The van der Waals surface area contributed by atoms with Crippen LogP contribution in [0, 0.1) is 0 Å². The van der Waals surface area contributed by atoms with E-state index in [0.29, 0.717) is 5.92 Å². The highest BCUT2D eigenvalue weighted by molar-refractivity contribution is 5.03. The van der Waals surface area contributed by atoms with Crippen LogP contribution in [-0.2, 0) is 6.42 Å². The number of nitrogens with zero attached hydrogens (tertiary/aromatic N) is 2. The van der Waals surface area contributed by atoms with E-state index in [1.165, 1.54) is 44.9 Å². The lowest BCUT2D eigenvalue weighted by molar-refractivity contribution is 0.221. The van der Waals surface area contributed by atoms with Crippen LogP contribution < -0.4 is 5.73 Å². The maximum atomic E-state index is 6.22. The minimum atomic E-state index is -0.0622. The summed E-state index contributed by atoms with van der Waals surface area (Å²) in [7, 11) is 0. The molecule has 3 rings (SSSR count). The Bertz CT molecular complexity index is 389. The maximum absolute atomic E-state index is 6.22. The van der Waals surface area contributed by atoms with Crippen molar-refractivity contribution in [3.05, 3.63) is 11.7 Å². The zero-order chi connectivity index (χ0) is 12.4. The van der Waals surface area contributed by atoms with Crippen molar-refractivity contribution >= 4 is 0 Å². The molecule has 0 amide bonds. The molecule has 2 N–H and O–H groups in total. The van der Waals surface area contributed by atoms with Gasteiger partial charge in [0, 0.05) is 17.9 Å². The fraction of sp³-hybridized carbons (Fsp3) is 0.857. The van der Waals surface area contributed by atoms with Crippen LogP contribution in [0.3, 0.4) is 0 Å². The lowest BCUT2D eigenvalue weighted by atomic mass is 9.75. The molecule has 1 heterocycles. The standard InChI is InChI=1S/C14H23N3O/c15-14(8-5-9-14)10-12-16-13(17-18-12)11-6-3-1-2-4-7-11/h11H,1-10,15H2. The zero-order valence-electron chi connectivity index (χ0n) is 11.0. The first-order chi connectivity index (χ1) is 8.75. The van der Waals surface area contributed by atoms with Crippen LogP contribution in [0.5, 0.6) is 0 Å². The number of aromatic nitrogens is 2. The Hall–Kier alpha value is -0.900. The molecular weight excluding hydrogens is 226 g/mol. The minimum Gasteiger partial charge on any atom is -0.339 e. The monoisotopic (exact) mass is 249 g/mol. The number of nitrogens with two attached hydrogens (primary N) is 1. The highest BCUT2D eigenvalue weighted by Crippen LogP contribution is 2.33. The van der Waals surface area contributed by atoms with E-state index in [4.69, 9.17) is 10.3 Å². The van der Waals surface area contributed by atoms with Crippen LogP contribution in [0.25, 0.3) is 0 Å². The summed E-state index contributed by atoms with van der Waals surface area (Å²) in [6.07, 6.45) is 11.9. The van der Waals surface area contributed by atoms with E-state index in [-0.39, 0.29) is 5.54 Å². The molecule has 0 radical (unpaired) electrons. The molecule has 0 aliphatic heterocycles. The van der Waals surface area contributed by atoms with Crippen LogP contribution >= 0.6 is 0 Å². The van der Waals surface area contributed by atoms with E-state index in [1.807, 2.05) is 0 Å². The Morgan fingerprint density at radius 2 is 1.83 bits per heavy atom. The first kappa shape index (κ1) is 12.2. The third kappa shape index (κ3) is 2.58. The molecule has 0 aromatic carbocycles. The maximum Gasteiger partial charge on any atom is 0.228 e. The van der Waals surface area contributed by atoms with E-state index in [9.17, 15) is 0 Å². The van der Waals surface area contributed by atoms with Gasteiger partial charge in [0.05, 0.1) is 0 Å².